The molecule has 9 heteroatoms. The fourth-order valence-corrected chi connectivity index (χ4v) is 5.15. The number of carbonyl (C=O) groups is 2. The number of nitrogens with one attached hydrogen (secondary N) is 2. The lowest BCUT2D eigenvalue weighted by atomic mass is 9.94. The van der Waals surface area contributed by atoms with Gasteiger partial charge >= 0.3 is 0 Å². The molecule has 2 N–H and O–H groups in total. The molecule has 0 saturated carbocycles. The number of H-pyrrole nitrogens is 1. The summed E-state index contributed by atoms with van der Waals surface area (Å²) in [6.45, 7) is 5.20. The maximum atomic E-state index is 13.3. The first kappa shape index (κ1) is 22.0. The number of aryl methyl sites for hydroxylation is 2. The highest BCUT2D eigenvalue weighted by Crippen LogP contribution is 2.26. The van der Waals surface area contributed by atoms with Crippen molar-refractivity contribution in [2.75, 3.05) is 6.54 Å². The van der Waals surface area contributed by atoms with Gasteiger partial charge in [0, 0.05) is 41.8 Å². The molecular formula is C25H23N5O3S. The number of amides is 2. The molecule has 1 aliphatic heterocycles. The number of pyridine rings is 1. The van der Waals surface area contributed by atoms with Gasteiger partial charge in [-0.05, 0) is 55.2 Å². The van der Waals surface area contributed by atoms with E-state index in [0.29, 0.717) is 41.7 Å². The van der Waals surface area contributed by atoms with Crippen molar-refractivity contribution in [3.63, 3.8) is 0 Å². The van der Waals surface area contributed by atoms with Gasteiger partial charge in [-0.25, -0.2) is 5.10 Å². The van der Waals surface area contributed by atoms with Crippen molar-refractivity contribution in [1.29, 1.82) is 0 Å². The first-order valence-electron chi connectivity index (χ1n) is 11.0. The number of aromatic nitrogens is 3. The lowest BCUT2D eigenvalue weighted by Crippen LogP contribution is -2.38. The van der Waals surface area contributed by atoms with Gasteiger partial charge in [0.25, 0.3) is 17.4 Å². The van der Waals surface area contributed by atoms with Crippen molar-refractivity contribution in [2.24, 2.45) is 0 Å². The first-order valence-corrected chi connectivity index (χ1v) is 11.8. The van der Waals surface area contributed by atoms with Crippen molar-refractivity contribution in [3.05, 3.63) is 90.8 Å². The minimum atomic E-state index is -0.319. The highest BCUT2D eigenvalue weighted by molar-refractivity contribution is 7.13. The molecule has 3 aromatic heterocycles. The van der Waals surface area contributed by atoms with Gasteiger partial charge in [0.1, 0.15) is 0 Å². The number of hydrogen-bond donors (Lipinski definition) is 2. The molecule has 0 spiro atoms. The van der Waals surface area contributed by atoms with Gasteiger partial charge in [-0.3, -0.25) is 19.4 Å². The molecule has 0 radical (unpaired) electrons. The second-order valence-corrected chi connectivity index (χ2v) is 9.63. The predicted molar refractivity (Wildman–Crippen MR) is 130 cm³/mol. The van der Waals surface area contributed by atoms with E-state index >= 15 is 0 Å². The van der Waals surface area contributed by atoms with Crippen LogP contribution in [0.1, 0.15) is 47.4 Å². The molecular weight excluding hydrogens is 450 g/mol. The van der Waals surface area contributed by atoms with Crippen LogP contribution in [0.5, 0.6) is 0 Å². The smallest absolute Gasteiger partial charge is 0.275 e. The number of aromatic amines is 1. The van der Waals surface area contributed by atoms with Crippen molar-refractivity contribution < 1.29 is 9.59 Å². The molecule has 0 unspecified atom stereocenters. The maximum Gasteiger partial charge on any atom is 0.275 e. The van der Waals surface area contributed by atoms with Gasteiger partial charge in [-0.2, -0.15) is 5.10 Å². The molecule has 172 valence electrons. The Balaban J connectivity index is 1.38. The van der Waals surface area contributed by atoms with Gasteiger partial charge in [0.05, 0.1) is 10.3 Å². The molecule has 0 saturated heterocycles. The Kier molecular flexibility index (Phi) is 5.70. The van der Waals surface area contributed by atoms with E-state index in [1.54, 1.807) is 35.4 Å². The summed E-state index contributed by atoms with van der Waals surface area (Å²) < 4.78 is 0. The highest BCUT2D eigenvalue weighted by atomic mass is 32.1. The molecule has 0 bridgehead atoms. The monoisotopic (exact) mass is 473 g/mol. The number of hydrogen-bond acceptors (Lipinski definition) is 6. The molecule has 0 fully saturated rings. The zero-order chi connectivity index (χ0) is 23.8. The highest BCUT2D eigenvalue weighted by Gasteiger charge is 2.27. The summed E-state index contributed by atoms with van der Waals surface area (Å²) in [5.74, 6) is -0.333. The summed E-state index contributed by atoms with van der Waals surface area (Å²) in [7, 11) is 0. The third kappa shape index (κ3) is 3.99. The molecule has 4 aromatic rings. The summed E-state index contributed by atoms with van der Waals surface area (Å²) in [4.78, 5) is 46.0. The van der Waals surface area contributed by atoms with Crippen LogP contribution >= 0.6 is 11.3 Å². The van der Waals surface area contributed by atoms with E-state index in [-0.39, 0.29) is 23.1 Å². The molecule has 34 heavy (non-hydrogen) atoms. The SMILES string of the molecule is Cc1ccc(C(=O)NCc2c(C)ncc3c2CCN(C(=O)c2n[nH]c(=O)c4ccccc24)C3)s1. The average Bonchev–Trinajstić information content (AvgIpc) is 3.29. The molecule has 5 rings (SSSR count). The Hall–Kier alpha value is -3.85. The summed E-state index contributed by atoms with van der Waals surface area (Å²) in [6.07, 6.45) is 2.45. The van der Waals surface area contributed by atoms with Crippen molar-refractivity contribution in [3.8, 4) is 0 Å². The lowest BCUT2D eigenvalue weighted by molar-refractivity contribution is 0.0729. The van der Waals surface area contributed by atoms with Crippen LogP contribution in [0.15, 0.2) is 47.4 Å². The molecule has 8 nitrogen and oxygen atoms in total. The Morgan fingerprint density at radius 3 is 2.71 bits per heavy atom. The second kappa shape index (κ2) is 8.83. The Morgan fingerprint density at radius 1 is 1.15 bits per heavy atom. The molecule has 1 aliphatic rings. The van der Waals surface area contributed by atoms with E-state index in [1.165, 1.54) is 11.3 Å². The van der Waals surface area contributed by atoms with Crippen LogP contribution in [0, 0.1) is 13.8 Å². The minimum Gasteiger partial charge on any atom is -0.347 e. The predicted octanol–water partition coefficient (Wildman–Crippen LogP) is 3.12. The standard InChI is InChI=1S/C25H23N5O3S/c1-14-7-8-21(34-14)24(32)27-12-20-15(2)26-11-16-13-30(10-9-17(16)20)25(33)22-18-5-3-4-6-19(18)23(31)29-28-22/h3-8,11H,9-10,12-13H2,1-2H3,(H,27,32)(H,29,31). The van der Waals surface area contributed by atoms with Gasteiger partial charge < -0.3 is 10.2 Å². The third-order valence-corrected chi connectivity index (χ3v) is 7.17. The van der Waals surface area contributed by atoms with Gasteiger partial charge in [0.15, 0.2) is 5.69 Å². The van der Waals surface area contributed by atoms with E-state index in [1.807, 2.05) is 26.0 Å². The molecule has 1 aromatic carbocycles. The summed E-state index contributed by atoms with van der Waals surface area (Å²) in [5.41, 5.74) is 3.86. The zero-order valence-corrected chi connectivity index (χ0v) is 19.7. The third-order valence-electron chi connectivity index (χ3n) is 6.17. The summed E-state index contributed by atoms with van der Waals surface area (Å²) >= 11 is 1.47. The molecule has 0 atom stereocenters. The van der Waals surface area contributed by atoms with Crippen LogP contribution in [-0.4, -0.2) is 38.4 Å². The van der Waals surface area contributed by atoms with Crippen molar-refractivity contribution in [2.45, 2.75) is 33.4 Å². The Labute approximate surface area is 199 Å². The second-order valence-electron chi connectivity index (χ2n) is 8.34. The Morgan fingerprint density at radius 2 is 1.94 bits per heavy atom. The van der Waals surface area contributed by atoms with Gasteiger partial charge in [-0.15, -0.1) is 11.3 Å². The van der Waals surface area contributed by atoms with Crippen LogP contribution in [0.25, 0.3) is 10.8 Å². The van der Waals surface area contributed by atoms with Crippen molar-refractivity contribution in [1.82, 2.24) is 25.4 Å². The fourth-order valence-electron chi connectivity index (χ4n) is 4.37. The Bertz CT molecular complexity index is 1490. The van der Waals surface area contributed by atoms with E-state index in [0.717, 1.165) is 27.3 Å². The van der Waals surface area contributed by atoms with Crippen LogP contribution in [0.2, 0.25) is 0 Å². The number of thiophene rings is 1. The number of carbonyl (C=O) groups excluding carboxylic acids is 2. The van der Waals surface area contributed by atoms with Crippen LogP contribution in [0.3, 0.4) is 0 Å². The number of fused-ring (bicyclic) bond motifs is 2. The number of nitrogens with zero attached hydrogens (tertiary/aromatic N) is 3. The minimum absolute atomic E-state index is 0.0984. The molecule has 0 aliphatic carbocycles. The number of benzene rings is 1. The summed E-state index contributed by atoms with van der Waals surface area (Å²) in [5, 5.41) is 10.5. The van der Waals surface area contributed by atoms with Crippen LogP contribution < -0.4 is 10.9 Å². The van der Waals surface area contributed by atoms with Crippen molar-refractivity contribution >= 4 is 33.9 Å². The largest absolute Gasteiger partial charge is 0.347 e. The molecule has 4 heterocycles. The topological polar surface area (TPSA) is 108 Å². The van der Waals surface area contributed by atoms with E-state index in [4.69, 9.17) is 0 Å². The zero-order valence-electron chi connectivity index (χ0n) is 18.8. The summed E-state index contributed by atoms with van der Waals surface area (Å²) in [6, 6.07) is 10.7. The normalized spacial score (nSPS) is 13.1. The van der Waals surface area contributed by atoms with E-state index in [2.05, 4.69) is 20.5 Å². The van der Waals surface area contributed by atoms with Gasteiger partial charge in [-0.1, -0.05) is 18.2 Å². The molecule has 2 amide bonds. The van der Waals surface area contributed by atoms with Crippen LogP contribution in [0.4, 0.5) is 0 Å². The maximum absolute atomic E-state index is 13.3. The lowest BCUT2D eigenvalue weighted by Gasteiger charge is -2.30. The van der Waals surface area contributed by atoms with Crippen LogP contribution in [-0.2, 0) is 19.5 Å². The first-order chi connectivity index (χ1) is 16.4. The number of rotatable bonds is 4. The van der Waals surface area contributed by atoms with Gasteiger partial charge in [0.2, 0.25) is 0 Å². The van der Waals surface area contributed by atoms with E-state index < -0.39 is 0 Å². The quantitative estimate of drug-likeness (QED) is 0.474. The fraction of sp³-hybridized carbons (Fsp3) is 0.240. The average molecular weight is 474 g/mol. The van der Waals surface area contributed by atoms with E-state index in [9.17, 15) is 14.4 Å².